The number of carbonyl (C=O) groups is 1. The van der Waals surface area contributed by atoms with Crippen LogP contribution in [0, 0.1) is 0 Å². The molecule has 1 aliphatic heterocycles. The Bertz CT molecular complexity index is 1070. The molecule has 4 rings (SSSR count). The molecule has 0 aliphatic carbocycles. The van der Waals surface area contributed by atoms with Crippen molar-refractivity contribution in [3.63, 3.8) is 0 Å². The zero-order chi connectivity index (χ0) is 18.3. The summed E-state index contributed by atoms with van der Waals surface area (Å²) in [5.41, 5.74) is 2.96. The second kappa shape index (κ2) is 6.61. The number of nitrogens with one attached hydrogen (secondary N) is 1. The Kier molecular flexibility index (Phi) is 4.28. The lowest BCUT2D eigenvalue weighted by Gasteiger charge is -2.10. The van der Waals surface area contributed by atoms with E-state index < -0.39 is 0 Å². The molecule has 6 heteroatoms. The average Bonchev–Trinajstić information content (AvgIpc) is 3.06. The average molecular weight is 413 g/mol. The van der Waals surface area contributed by atoms with Crippen molar-refractivity contribution in [2.24, 2.45) is 0 Å². The van der Waals surface area contributed by atoms with Crippen molar-refractivity contribution in [1.82, 2.24) is 9.88 Å². The van der Waals surface area contributed by atoms with E-state index in [0.29, 0.717) is 11.9 Å². The smallest absolute Gasteiger partial charge is 0.257 e. The van der Waals surface area contributed by atoms with E-state index in [9.17, 15) is 9.59 Å². The number of benzene rings is 2. The van der Waals surface area contributed by atoms with Crippen molar-refractivity contribution in [3.8, 4) is 5.75 Å². The van der Waals surface area contributed by atoms with Gasteiger partial charge >= 0.3 is 0 Å². The molecule has 0 fully saturated rings. The summed E-state index contributed by atoms with van der Waals surface area (Å²) in [6, 6.07) is 11.3. The summed E-state index contributed by atoms with van der Waals surface area (Å²) in [5.74, 6) is 0.405. The molecule has 0 saturated carbocycles. The number of rotatable bonds is 4. The van der Waals surface area contributed by atoms with Gasteiger partial charge in [-0.05, 0) is 41.8 Å². The van der Waals surface area contributed by atoms with E-state index in [1.54, 1.807) is 19.4 Å². The van der Waals surface area contributed by atoms with Crippen LogP contribution in [0.2, 0.25) is 0 Å². The van der Waals surface area contributed by atoms with Gasteiger partial charge in [-0.3, -0.25) is 9.59 Å². The SMILES string of the molecule is COc1ccc(CNC(=O)c2cn3c4c(cc(Br)cc4c2=O)CC3)cc1. The molecule has 0 bridgehead atoms. The number of ether oxygens (including phenoxy) is 1. The number of halogens is 1. The first-order chi connectivity index (χ1) is 12.6. The summed E-state index contributed by atoms with van der Waals surface area (Å²) in [4.78, 5) is 25.5. The Morgan fingerprint density at radius 2 is 2.04 bits per heavy atom. The number of hydrogen-bond donors (Lipinski definition) is 1. The lowest BCUT2D eigenvalue weighted by Crippen LogP contribution is -2.29. The summed E-state index contributed by atoms with van der Waals surface area (Å²) in [5, 5.41) is 3.42. The molecular weight excluding hydrogens is 396 g/mol. The summed E-state index contributed by atoms with van der Waals surface area (Å²) in [6.07, 6.45) is 2.55. The van der Waals surface area contributed by atoms with Gasteiger partial charge < -0.3 is 14.6 Å². The van der Waals surface area contributed by atoms with Crippen molar-refractivity contribution in [2.75, 3.05) is 7.11 Å². The highest BCUT2D eigenvalue weighted by atomic mass is 79.9. The number of carbonyl (C=O) groups excluding carboxylic acids is 1. The Morgan fingerprint density at radius 1 is 1.27 bits per heavy atom. The summed E-state index contributed by atoms with van der Waals surface area (Å²) in [6.45, 7) is 1.13. The molecule has 1 N–H and O–H groups in total. The van der Waals surface area contributed by atoms with Crippen molar-refractivity contribution in [1.29, 1.82) is 0 Å². The molecule has 1 amide bonds. The summed E-state index contributed by atoms with van der Waals surface area (Å²) >= 11 is 3.46. The molecule has 3 aromatic rings. The van der Waals surface area contributed by atoms with Gasteiger partial charge in [0.15, 0.2) is 0 Å². The molecular formula is C20H17BrN2O3. The maximum atomic E-state index is 12.8. The molecule has 0 saturated heterocycles. The molecule has 2 heterocycles. The van der Waals surface area contributed by atoms with Gasteiger partial charge in [0.1, 0.15) is 11.3 Å². The fraction of sp³-hybridized carbons (Fsp3) is 0.200. The van der Waals surface area contributed by atoms with Gasteiger partial charge in [-0.1, -0.05) is 28.1 Å². The lowest BCUT2D eigenvalue weighted by molar-refractivity contribution is 0.0949. The number of pyridine rings is 1. The first-order valence-electron chi connectivity index (χ1n) is 8.33. The van der Waals surface area contributed by atoms with E-state index in [0.717, 1.165) is 39.8 Å². The van der Waals surface area contributed by atoms with E-state index in [2.05, 4.69) is 21.2 Å². The van der Waals surface area contributed by atoms with Gasteiger partial charge in [0.25, 0.3) is 5.91 Å². The van der Waals surface area contributed by atoms with Gasteiger partial charge in [0.2, 0.25) is 5.43 Å². The summed E-state index contributed by atoms with van der Waals surface area (Å²) in [7, 11) is 1.61. The molecule has 1 aliphatic rings. The standard InChI is InChI=1S/C20H17BrN2O3/c1-26-15-4-2-12(3-5-15)10-22-20(25)17-11-23-7-6-13-8-14(21)9-16(18(13)23)19(17)24/h2-5,8-9,11H,6-7,10H2,1H3,(H,22,25). The molecule has 0 unspecified atom stereocenters. The molecule has 132 valence electrons. The fourth-order valence-corrected chi connectivity index (χ4v) is 3.89. The number of methoxy groups -OCH3 is 1. The highest BCUT2D eigenvalue weighted by Gasteiger charge is 2.21. The normalized spacial score (nSPS) is 12.4. The molecule has 2 aromatic carbocycles. The highest BCUT2D eigenvalue weighted by Crippen LogP contribution is 2.28. The Morgan fingerprint density at radius 3 is 2.77 bits per heavy atom. The largest absolute Gasteiger partial charge is 0.497 e. The fourth-order valence-electron chi connectivity index (χ4n) is 3.38. The Labute approximate surface area is 158 Å². The van der Waals surface area contributed by atoms with Crippen molar-refractivity contribution in [3.05, 3.63) is 74.0 Å². The van der Waals surface area contributed by atoms with E-state index in [1.807, 2.05) is 34.9 Å². The highest BCUT2D eigenvalue weighted by molar-refractivity contribution is 9.10. The van der Waals surface area contributed by atoms with Crippen LogP contribution in [0.4, 0.5) is 0 Å². The van der Waals surface area contributed by atoms with Crippen molar-refractivity contribution < 1.29 is 9.53 Å². The molecule has 1 aromatic heterocycles. The Hall–Kier alpha value is -2.60. The van der Waals surface area contributed by atoms with Crippen LogP contribution in [0.25, 0.3) is 10.9 Å². The maximum absolute atomic E-state index is 12.8. The van der Waals surface area contributed by atoms with Crippen LogP contribution in [0.5, 0.6) is 5.75 Å². The van der Waals surface area contributed by atoms with E-state index in [1.165, 1.54) is 0 Å². The predicted octanol–water partition coefficient (Wildman–Crippen LogP) is 3.26. The third-order valence-corrected chi connectivity index (χ3v) is 5.15. The molecule has 0 atom stereocenters. The quantitative estimate of drug-likeness (QED) is 0.715. The first-order valence-corrected chi connectivity index (χ1v) is 9.13. The van der Waals surface area contributed by atoms with Gasteiger partial charge in [-0.25, -0.2) is 0 Å². The first kappa shape index (κ1) is 16.8. The zero-order valence-electron chi connectivity index (χ0n) is 14.2. The van der Waals surface area contributed by atoms with Crippen LogP contribution in [-0.4, -0.2) is 17.6 Å². The Balaban J connectivity index is 1.63. The van der Waals surface area contributed by atoms with Gasteiger partial charge in [0.05, 0.1) is 12.6 Å². The number of aromatic nitrogens is 1. The van der Waals surface area contributed by atoms with Crippen LogP contribution in [0.1, 0.15) is 21.5 Å². The van der Waals surface area contributed by atoms with Gasteiger partial charge in [-0.15, -0.1) is 0 Å². The number of amides is 1. The van der Waals surface area contributed by atoms with Crippen LogP contribution in [0.15, 0.2) is 51.9 Å². The number of hydrogen-bond acceptors (Lipinski definition) is 3. The minimum atomic E-state index is -0.357. The lowest BCUT2D eigenvalue weighted by atomic mass is 10.1. The van der Waals surface area contributed by atoms with Crippen LogP contribution in [0.3, 0.4) is 0 Å². The molecule has 5 nitrogen and oxygen atoms in total. The predicted molar refractivity (Wildman–Crippen MR) is 104 cm³/mol. The molecule has 0 spiro atoms. The molecule has 26 heavy (non-hydrogen) atoms. The second-order valence-electron chi connectivity index (χ2n) is 6.31. The summed E-state index contributed by atoms with van der Waals surface area (Å²) < 4.78 is 7.99. The molecule has 0 radical (unpaired) electrons. The van der Waals surface area contributed by atoms with E-state index in [4.69, 9.17) is 4.74 Å². The van der Waals surface area contributed by atoms with Gasteiger partial charge in [0, 0.05) is 29.1 Å². The minimum Gasteiger partial charge on any atom is -0.497 e. The van der Waals surface area contributed by atoms with Crippen molar-refractivity contribution in [2.45, 2.75) is 19.5 Å². The van der Waals surface area contributed by atoms with E-state index >= 15 is 0 Å². The van der Waals surface area contributed by atoms with Crippen molar-refractivity contribution >= 4 is 32.7 Å². The third-order valence-electron chi connectivity index (χ3n) is 4.69. The number of nitrogens with zero attached hydrogens (tertiary/aromatic N) is 1. The van der Waals surface area contributed by atoms with Gasteiger partial charge in [-0.2, -0.15) is 0 Å². The monoisotopic (exact) mass is 412 g/mol. The van der Waals surface area contributed by atoms with E-state index in [-0.39, 0.29) is 16.9 Å². The van der Waals surface area contributed by atoms with Crippen LogP contribution >= 0.6 is 15.9 Å². The zero-order valence-corrected chi connectivity index (χ0v) is 15.8. The number of aryl methyl sites for hydroxylation is 2. The van der Waals surface area contributed by atoms with Crippen LogP contribution < -0.4 is 15.5 Å². The second-order valence-corrected chi connectivity index (χ2v) is 7.22. The van der Waals surface area contributed by atoms with Crippen LogP contribution in [-0.2, 0) is 19.5 Å². The minimum absolute atomic E-state index is 0.178. The third kappa shape index (κ3) is 2.90. The topological polar surface area (TPSA) is 60.3 Å². The maximum Gasteiger partial charge on any atom is 0.257 e.